The predicted octanol–water partition coefficient (Wildman–Crippen LogP) is 3.04. The summed E-state index contributed by atoms with van der Waals surface area (Å²) >= 11 is 3.48. The average Bonchev–Trinajstić information content (AvgIpc) is 2.53. The van der Waals surface area contributed by atoms with E-state index in [1.54, 1.807) is 18.2 Å². The van der Waals surface area contributed by atoms with E-state index in [9.17, 15) is 9.90 Å². The molecule has 1 unspecified atom stereocenters. The number of phenols is 1. The lowest BCUT2D eigenvalue weighted by Gasteiger charge is -2.37. The van der Waals surface area contributed by atoms with Crippen molar-refractivity contribution in [3.8, 4) is 11.5 Å². The van der Waals surface area contributed by atoms with Gasteiger partial charge in [0, 0.05) is 17.1 Å². The molecule has 2 aromatic carbocycles. The van der Waals surface area contributed by atoms with Crippen molar-refractivity contribution in [1.29, 1.82) is 0 Å². The zero-order valence-corrected chi connectivity index (χ0v) is 13.7. The van der Waals surface area contributed by atoms with Crippen molar-refractivity contribution in [2.75, 3.05) is 19.1 Å². The lowest BCUT2D eigenvalue weighted by molar-refractivity contribution is 0.0928. The van der Waals surface area contributed by atoms with Crippen molar-refractivity contribution in [3.63, 3.8) is 0 Å². The highest BCUT2D eigenvalue weighted by Gasteiger charge is 2.30. The number of ether oxygens (including phenoxy) is 1. The normalized spacial score (nSPS) is 17.0. The first-order chi connectivity index (χ1) is 10.5. The summed E-state index contributed by atoms with van der Waals surface area (Å²) < 4.78 is 5.84. The summed E-state index contributed by atoms with van der Waals surface area (Å²) in [6, 6.07) is 10.7. The van der Waals surface area contributed by atoms with E-state index in [0.717, 1.165) is 15.7 Å². The van der Waals surface area contributed by atoms with Crippen LogP contribution in [-0.4, -0.2) is 25.2 Å². The van der Waals surface area contributed by atoms with E-state index >= 15 is 0 Å². The van der Waals surface area contributed by atoms with Gasteiger partial charge >= 0.3 is 0 Å². The van der Waals surface area contributed by atoms with Crippen LogP contribution in [0.4, 0.5) is 5.69 Å². The predicted molar refractivity (Wildman–Crippen MR) is 87.4 cm³/mol. The third-order valence-electron chi connectivity index (χ3n) is 3.78. The van der Waals surface area contributed by atoms with Crippen molar-refractivity contribution < 1.29 is 14.6 Å². The molecule has 5 nitrogen and oxygen atoms in total. The molecule has 1 heterocycles. The fourth-order valence-electron chi connectivity index (χ4n) is 2.63. The number of methoxy groups -OCH3 is 1. The Morgan fingerprint density at radius 2 is 2.05 bits per heavy atom. The standard InChI is InChI=1S/C16H15BrN2O3/c1-19-12-6-4-3-5-9(12)16(21)18-15(19)10-7-13(20)14(22-2)8-11(10)17/h3-8,15,20H,1-2H3,(H,18,21). The van der Waals surface area contributed by atoms with E-state index in [0.29, 0.717) is 11.3 Å². The second kappa shape index (κ2) is 5.53. The molecule has 0 radical (unpaired) electrons. The Hall–Kier alpha value is -2.21. The molecule has 0 saturated carbocycles. The monoisotopic (exact) mass is 362 g/mol. The Morgan fingerprint density at radius 1 is 1.32 bits per heavy atom. The summed E-state index contributed by atoms with van der Waals surface area (Å²) in [6.07, 6.45) is -0.381. The van der Waals surface area contributed by atoms with Crippen LogP contribution in [0, 0.1) is 0 Å². The Balaban J connectivity index is 2.07. The summed E-state index contributed by atoms with van der Waals surface area (Å²) in [7, 11) is 3.39. The second-order valence-electron chi connectivity index (χ2n) is 5.05. The lowest BCUT2D eigenvalue weighted by Crippen LogP contribution is -2.44. The van der Waals surface area contributed by atoms with Gasteiger partial charge in [0.1, 0.15) is 6.17 Å². The molecule has 3 rings (SSSR count). The number of benzene rings is 2. The van der Waals surface area contributed by atoms with Gasteiger partial charge in [-0.05, 0) is 24.3 Å². The highest BCUT2D eigenvalue weighted by molar-refractivity contribution is 9.10. The van der Waals surface area contributed by atoms with Crippen LogP contribution in [0.3, 0.4) is 0 Å². The summed E-state index contributed by atoms with van der Waals surface area (Å²) in [5.74, 6) is 0.268. The summed E-state index contributed by atoms with van der Waals surface area (Å²) in [5.41, 5.74) is 2.23. The zero-order valence-electron chi connectivity index (χ0n) is 12.1. The van der Waals surface area contributed by atoms with Gasteiger partial charge in [-0.2, -0.15) is 0 Å². The molecule has 114 valence electrons. The SMILES string of the molecule is COc1cc(Br)c(C2NC(=O)c3ccccc3N2C)cc1O. The number of anilines is 1. The number of nitrogens with zero attached hydrogens (tertiary/aromatic N) is 1. The van der Waals surface area contributed by atoms with E-state index in [2.05, 4.69) is 21.2 Å². The van der Waals surface area contributed by atoms with E-state index in [-0.39, 0.29) is 17.8 Å². The fraction of sp³-hybridized carbons (Fsp3) is 0.188. The number of aromatic hydroxyl groups is 1. The van der Waals surface area contributed by atoms with Crippen molar-refractivity contribution in [2.24, 2.45) is 0 Å². The number of phenolic OH excluding ortho intramolecular Hbond substituents is 1. The fourth-order valence-corrected chi connectivity index (χ4v) is 3.17. The molecule has 0 saturated heterocycles. The molecule has 2 aromatic rings. The first-order valence-corrected chi connectivity index (χ1v) is 7.51. The van der Waals surface area contributed by atoms with Crippen molar-refractivity contribution in [2.45, 2.75) is 6.17 Å². The number of amides is 1. The van der Waals surface area contributed by atoms with Gasteiger partial charge in [-0.25, -0.2) is 0 Å². The van der Waals surface area contributed by atoms with Crippen LogP contribution in [-0.2, 0) is 0 Å². The molecule has 0 fully saturated rings. The lowest BCUT2D eigenvalue weighted by atomic mass is 10.0. The van der Waals surface area contributed by atoms with Crippen LogP contribution in [0.5, 0.6) is 11.5 Å². The number of rotatable bonds is 2. The Labute approximate surface area is 136 Å². The van der Waals surface area contributed by atoms with Crippen molar-refractivity contribution in [1.82, 2.24) is 5.32 Å². The third-order valence-corrected chi connectivity index (χ3v) is 4.46. The van der Waals surface area contributed by atoms with E-state index < -0.39 is 0 Å². The van der Waals surface area contributed by atoms with Crippen LogP contribution in [0.15, 0.2) is 40.9 Å². The van der Waals surface area contributed by atoms with Gasteiger partial charge < -0.3 is 20.1 Å². The van der Waals surface area contributed by atoms with Gasteiger partial charge in [-0.15, -0.1) is 0 Å². The minimum Gasteiger partial charge on any atom is -0.504 e. The minimum absolute atomic E-state index is 0.0298. The van der Waals surface area contributed by atoms with Crippen LogP contribution in [0.25, 0.3) is 0 Å². The van der Waals surface area contributed by atoms with Gasteiger partial charge in [0.05, 0.1) is 18.4 Å². The molecule has 1 aliphatic rings. The molecular formula is C16H15BrN2O3. The van der Waals surface area contributed by atoms with Crippen LogP contribution in [0.1, 0.15) is 22.1 Å². The van der Waals surface area contributed by atoms with E-state index in [4.69, 9.17) is 4.74 Å². The molecule has 0 spiro atoms. The highest BCUT2D eigenvalue weighted by atomic mass is 79.9. The number of halogens is 1. The second-order valence-corrected chi connectivity index (χ2v) is 5.90. The molecule has 0 aromatic heterocycles. The van der Waals surface area contributed by atoms with Crippen molar-refractivity contribution in [3.05, 3.63) is 52.0 Å². The molecule has 22 heavy (non-hydrogen) atoms. The van der Waals surface area contributed by atoms with Crippen LogP contribution >= 0.6 is 15.9 Å². The maximum atomic E-state index is 12.3. The van der Waals surface area contributed by atoms with Crippen LogP contribution < -0.4 is 15.0 Å². The van der Waals surface area contributed by atoms with E-state index in [1.807, 2.05) is 30.1 Å². The molecule has 0 aliphatic carbocycles. The molecule has 1 aliphatic heterocycles. The quantitative estimate of drug-likeness (QED) is 0.861. The van der Waals surface area contributed by atoms with Gasteiger partial charge in [-0.1, -0.05) is 28.1 Å². The summed E-state index contributed by atoms with van der Waals surface area (Å²) in [4.78, 5) is 14.3. The first-order valence-electron chi connectivity index (χ1n) is 6.72. The number of fused-ring (bicyclic) bond motifs is 1. The smallest absolute Gasteiger partial charge is 0.255 e. The highest BCUT2D eigenvalue weighted by Crippen LogP contribution is 2.39. The molecule has 2 N–H and O–H groups in total. The molecule has 1 atom stereocenters. The maximum absolute atomic E-state index is 12.3. The van der Waals surface area contributed by atoms with Gasteiger partial charge in [0.25, 0.3) is 5.91 Å². The third kappa shape index (κ3) is 2.29. The maximum Gasteiger partial charge on any atom is 0.255 e. The summed E-state index contributed by atoms with van der Waals surface area (Å²) in [5, 5.41) is 13.0. The topological polar surface area (TPSA) is 61.8 Å². The Bertz CT molecular complexity index is 748. The number of hydrogen-bond acceptors (Lipinski definition) is 4. The zero-order chi connectivity index (χ0) is 15.9. The Morgan fingerprint density at radius 3 is 2.77 bits per heavy atom. The number of para-hydroxylation sites is 1. The molecule has 6 heteroatoms. The van der Waals surface area contributed by atoms with Crippen molar-refractivity contribution >= 4 is 27.5 Å². The first kappa shape index (κ1) is 14.7. The largest absolute Gasteiger partial charge is 0.504 e. The van der Waals surface area contributed by atoms with Gasteiger partial charge in [0.15, 0.2) is 11.5 Å². The number of carbonyl (C=O) groups is 1. The van der Waals surface area contributed by atoms with Gasteiger partial charge in [0.2, 0.25) is 0 Å². The van der Waals surface area contributed by atoms with E-state index in [1.165, 1.54) is 7.11 Å². The number of hydrogen-bond donors (Lipinski definition) is 2. The molecule has 1 amide bonds. The molecule has 0 bridgehead atoms. The minimum atomic E-state index is -0.381. The Kier molecular flexibility index (Phi) is 3.70. The van der Waals surface area contributed by atoms with Gasteiger partial charge in [-0.3, -0.25) is 4.79 Å². The molecular weight excluding hydrogens is 348 g/mol. The average molecular weight is 363 g/mol. The number of nitrogens with one attached hydrogen (secondary N) is 1. The summed E-state index contributed by atoms with van der Waals surface area (Å²) in [6.45, 7) is 0. The van der Waals surface area contributed by atoms with Crippen LogP contribution in [0.2, 0.25) is 0 Å². The number of carbonyl (C=O) groups excluding carboxylic acids is 1.